The van der Waals surface area contributed by atoms with E-state index < -0.39 is 0 Å². The quantitative estimate of drug-likeness (QED) is 0.308. The fraction of sp³-hybridized carbons (Fsp3) is 0.500. The first-order chi connectivity index (χ1) is 13.3. The van der Waals surface area contributed by atoms with Crippen molar-refractivity contribution in [1.82, 2.24) is 9.13 Å². The first-order valence-electron chi connectivity index (χ1n) is 10.9. The third-order valence-electron chi connectivity index (χ3n) is 7.40. The van der Waals surface area contributed by atoms with Gasteiger partial charge in [-0.1, -0.05) is 53.0 Å². The van der Waals surface area contributed by atoms with Crippen LogP contribution in [0.25, 0.3) is 16.7 Å². The Morgan fingerprint density at radius 3 is 2.10 bits per heavy atom. The number of imidazole rings is 1. The third-order valence-corrected chi connectivity index (χ3v) is 7.40. The molecular weight excluding hydrogens is 533 g/mol. The molecule has 0 aliphatic heterocycles. The standard InChI is InChI=1S/C26H32N2.Ir/c1-25(2)12-13-26(3,4)22-16-24-23(15-21(22)25)27(5)17-28(24)20-11-10-18-8-6-7-9-19(18)14-20;/h10,14-17H,6-9,12-13H2,1-5H3;. The van der Waals surface area contributed by atoms with Gasteiger partial charge in [0.05, 0.1) is 0 Å². The third kappa shape index (κ3) is 3.31. The van der Waals surface area contributed by atoms with Crippen molar-refractivity contribution >= 4 is 11.0 Å². The molecule has 3 heteroatoms. The molecular formula is C26H32IrN2. The molecule has 0 saturated heterocycles. The van der Waals surface area contributed by atoms with Crippen LogP contribution in [0.2, 0.25) is 0 Å². The van der Waals surface area contributed by atoms with Crippen LogP contribution in [0, 0.1) is 6.07 Å². The van der Waals surface area contributed by atoms with Gasteiger partial charge in [0.15, 0.2) is 17.4 Å². The monoisotopic (exact) mass is 565 g/mol. The molecule has 0 atom stereocenters. The fourth-order valence-corrected chi connectivity index (χ4v) is 5.34. The number of fused-ring (bicyclic) bond motifs is 3. The molecule has 3 aromatic rings. The molecule has 1 aromatic heterocycles. The average Bonchev–Trinajstić information content (AvgIpc) is 3.00. The summed E-state index contributed by atoms with van der Waals surface area (Å²) in [6.07, 6.45) is 9.78. The van der Waals surface area contributed by atoms with Gasteiger partial charge >= 0.3 is 0 Å². The van der Waals surface area contributed by atoms with E-state index in [4.69, 9.17) is 0 Å². The van der Waals surface area contributed by atoms with Crippen molar-refractivity contribution in [2.24, 2.45) is 7.05 Å². The maximum atomic E-state index is 3.58. The van der Waals surface area contributed by atoms with E-state index in [1.807, 2.05) is 0 Å². The first kappa shape index (κ1) is 20.8. The maximum absolute atomic E-state index is 3.58. The Kier molecular flexibility index (Phi) is 5.07. The number of benzene rings is 2. The molecule has 2 aliphatic rings. The van der Waals surface area contributed by atoms with Gasteiger partial charge in [-0.2, -0.15) is 11.6 Å². The van der Waals surface area contributed by atoms with Crippen molar-refractivity contribution in [1.29, 1.82) is 0 Å². The summed E-state index contributed by atoms with van der Waals surface area (Å²) in [5, 5.41) is 0. The predicted molar refractivity (Wildman–Crippen MR) is 117 cm³/mol. The zero-order valence-corrected chi connectivity index (χ0v) is 20.8. The summed E-state index contributed by atoms with van der Waals surface area (Å²) in [7, 11) is 2.17. The summed E-state index contributed by atoms with van der Waals surface area (Å²) in [6.45, 7) is 9.62. The van der Waals surface area contributed by atoms with Crippen molar-refractivity contribution in [3.63, 3.8) is 0 Å². The number of aryl methyl sites for hydroxylation is 3. The molecule has 1 heterocycles. The molecule has 2 aliphatic carbocycles. The van der Waals surface area contributed by atoms with E-state index >= 15 is 0 Å². The number of hydrogen-bond donors (Lipinski definition) is 0. The molecule has 0 fully saturated rings. The summed E-state index contributed by atoms with van der Waals surface area (Å²) in [6, 6.07) is 13.1. The number of aromatic nitrogens is 2. The molecule has 0 N–H and O–H groups in total. The van der Waals surface area contributed by atoms with Gasteiger partial charge in [-0.15, -0.1) is 11.6 Å². The van der Waals surface area contributed by atoms with Gasteiger partial charge in [0.2, 0.25) is 0 Å². The molecule has 0 spiro atoms. The maximum Gasteiger partial charge on any atom is 0.189 e. The molecule has 2 aromatic carbocycles. The van der Waals surface area contributed by atoms with Gasteiger partial charge in [-0.3, -0.25) is 0 Å². The van der Waals surface area contributed by atoms with Gasteiger partial charge in [-0.25, -0.2) is 9.13 Å². The summed E-state index contributed by atoms with van der Waals surface area (Å²) < 4.78 is 4.63. The zero-order valence-electron chi connectivity index (χ0n) is 18.4. The number of hydrogen-bond acceptors (Lipinski definition) is 0. The summed E-state index contributed by atoms with van der Waals surface area (Å²) >= 11 is 0. The van der Waals surface area contributed by atoms with Gasteiger partial charge in [0.25, 0.3) is 0 Å². The van der Waals surface area contributed by atoms with Crippen LogP contribution in [-0.4, -0.2) is 9.13 Å². The topological polar surface area (TPSA) is 9.86 Å². The normalized spacial score (nSPS) is 19.3. The molecule has 5 rings (SSSR count). The van der Waals surface area contributed by atoms with Crippen LogP contribution in [0.1, 0.15) is 75.6 Å². The van der Waals surface area contributed by atoms with Crippen LogP contribution in [-0.2, 0) is 50.8 Å². The average molecular weight is 565 g/mol. The predicted octanol–water partition coefficient (Wildman–Crippen LogP) is 6.28. The Morgan fingerprint density at radius 2 is 1.45 bits per heavy atom. The van der Waals surface area contributed by atoms with E-state index in [9.17, 15) is 0 Å². The van der Waals surface area contributed by atoms with E-state index in [2.05, 4.69) is 80.5 Å². The van der Waals surface area contributed by atoms with Crippen LogP contribution in [0.15, 0.2) is 30.6 Å². The Balaban J connectivity index is 0.00000205. The van der Waals surface area contributed by atoms with Crippen LogP contribution in [0.3, 0.4) is 0 Å². The van der Waals surface area contributed by atoms with E-state index in [1.165, 1.54) is 77.5 Å². The minimum Gasteiger partial charge on any atom is -0.248 e. The van der Waals surface area contributed by atoms with E-state index in [1.54, 1.807) is 0 Å². The van der Waals surface area contributed by atoms with Crippen LogP contribution in [0.4, 0.5) is 0 Å². The molecule has 0 saturated carbocycles. The smallest absolute Gasteiger partial charge is 0.189 e. The molecule has 0 amide bonds. The Bertz CT molecular complexity index is 1090. The molecule has 0 bridgehead atoms. The Labute approximate surface area is 188 Å². The van der Waals surface area contributed by atoms with Crippen molar-refractivity contribution in [2.45, 2.75) is 77.0 Å². The van der Waals surface area contributed by atoms with Crippen molar-refractivity contribution < 1.29 is 20.1 Å². The van der Waals surface area contributed by atoms with Crippen molar-refractivity contribution in [3.8, 4) is 5.69 Å². The van der Waals surface area contributed by atoms with Crippen LogP contribution in [0.5, 0.6) is 0 Å². The van der Waals surface area contributed by atoms with E-state index in [0.717, 1.165) is 0 Å². The van der Waals surface area contributed by atoms with Crippen LogP contribution >= 0.6 is 0 Å². The van der Waals surface area contributed by atoms with Gasteiger partial charge in [-0.05, 0) is 41.2 Å². The van der Waals surface area contributed by atoms with Gasteiger partial charge in [0, 0.05) is 45.0 Å². The fourth-order valence-electron chi connectivity index (χ4n) is 5.34. The Hall–Kier alpha value is -1.44. The Morgan fingerprint density at radius 1 is 0.862 bits per heavy atom. The second-order valence-electron chi connectivity index (χ2n) is 10.3. The second kappa shape index (κ2) is 7.06. The molecule has 0 unspecified atom stereocenters. The molecule has 1 radical (unpaired) electrons. The van der Waals surface area contributed by atoms with Crippen LogP contribution < -0.4 is 0 Å². The summed E-state index contributed by atoms with van der Waals surface area (Å²) in [5.41, 5.74) is 10.3. The molecule has 155 valence electrons. The number of rotatable bonds is 1. The van der Waals surface area contributed by atoms with Crippen molar-refractivity contribution in [3.05, 3.63) is 58.9 Å². The van der Waals surface area contributed by atoms with Gasteiger partial charge < -0.3 is 0 Å². The molecule has 2 nitrogen and oxygen atoms in total. The van der Waals surface area contributed by atoms with E-state index in [0.29, 0.717) is 0 Å². The summed E-state index contributed by atoms with van der Waals surface area (Å²) in [4.78, 5) is 0. The minimum absolute atomic E-state index is 0. The largest absolute Gasteiger partial charge is 0.248 e. The van der Waals surface area contributed by atoms with Crippen molar-refractivity contribution in [2.75, 3.05) is 0 Å². The molecule has 29 heavy (non-hydrogen) atoms. The summed E-state index contributed by atoms with van der Waals surface area (Å²) in [5.74, 6) is 0. The zero-order chi connectivity index (χ0) is 19.7. The SMILES string of the molecule is Cn1[cH+]n(-c2[c-]cc3c(c2)CCCC3)c2cc3c(cc21)C(C)(C)CCC3(C)C.[Ir]. The minimum atomic E-state index is 0. The number of nitrogens with zero attached hydrogens (tertiary/aromatic N) is 2. The van der Waals surface area contributed by atoms with Gasteiger partial charge in [0.1, 0.15) is 0 Å². The second-order valence-corrected chi connectivity index (χ2v) is 10.3. The van der Waals surface area contributed by atoms with E-state index in [-0.39, 0.29) is 30.9 Å². The first-order valence-corrected chi connectivity index (χ1v) is 10.9.